The second-order valence-corrected chi connectivity index (χ2v) is 5.62. The Morgan fingerprint density at radius 1 is 1.44 bits per heavy atom. The number of amides is 1. The highest BCUT2D eigenvalue weighted by Crippen LogP contribution is 2.14. The van der Waals surface area contributed by atoms with E-state index >= 15 is 0 Å². The van der Waals surface area contributed by atoms with Crippen molar-refractivity contribution >= 4 is 22.4 Å². The lowest BCUT2D eigenvalue weighted by molar-refractivity contribution is 0.0953. The van der Waals surface area contributed by atoms with Gasteiger partial charge in [-0.2, -0.15) is 0 Å². The van der Waals surface area contributed by atoms with Crippen LogP contribution in [0.15, 0.2) is 18.2 Å². The van der Waals surface area contributed by atoms with E-state index < -0.39 is 10.8 Å². The predicted molar refractivity (Wildman–Crippen MR) is 74.9 cm³/mol. The number of hydrogen-bond acceptors (Lipinski definition) is 4. The second kappa shape index (κ2) is 7.13. The maximum absolute atomic E-state index is 11.8. The highest BCUT2D eigenvalue weighted by molar-refractivity contribution is 7.84. The molecule has 18 heavy (non-hydrogen) atoms. The number of nitrogens with one attached hydrogen (secondary N) is 2. The van der Waals surface area contributed by atoms with E-state index in [1.54, 1.807) is 24.5 Å². The maximum atomic E-state index is 11.8. The van der Waals surface area contributed by atoms with Gasteiger partial charge in [0.25, 0.3) is 5.91 Å². The molecule has 0 fully saturated rings. The van der Waals surface area contributed by atoms with E-state index in [1.807, 2.05) is 6.92 Å². The maximum Gasteiger partial charge on any atom is 0.251 e. The molecule has 1 unspecified atom stereocenters. The van der Waals surface area contributed by atoms with Crippen LogP contribution in [0.5, 0.6) is 0 Å². The Morgan fingerprint density at radius 2 is 2.17 bits per heavy atom. The van der Waals surface area contributed by atoms with Gasteiger partial charge in [0.05, 0.1) is 5.69 Å². The van der Waals surface area contributed by atoms with Gasteiger partial charge in [-0.1, -0.05) is 0 Å². The first kappa shape index (κ1) is 14.7. The normalized spacial score (nSPS) is 11.9. The summed E-state index contributed by atoms with van der Waals surface area (Å²) in [5.41, 5.74) is 4.88. The average Bonchev–Trinajstić information content (AvgIpc) is 2.34. The Morgan fingerprint density at radius 3 is 2.72 bits per heavy atom. The molecule has 0 saturated heterocycles. The molecule has 1 atom stereocenters. The summed E-state index contributed by atoms with van der Waals surface area (Å²) < 4.78 is 10.9. The average molecular weight is 269 g/mol. The fourth-order valence-corrected chi connectivity index (χ4v) is 2.10. The molecule has 0 bridgehead atoms. The minimum Gasteiger partial charge on any atom is -0.352 e. The first-order chi connectivity index (χ1) is 8.54. The van der Waals surface area contributed by atoms with Crippen LogP contribution in [0.3, 0.4) is 0 Å². The summed E-state index contributed by atoms with van der Waals surface area (Å²) in [5, 5.41) is 2.79. The summed E-state index contributed by atoms with van der Waals surface area (Å²) in [7, 11) is -0.806. The highest BCUT2D eigenvalue weighted by atomic mass is 32.2. The van der Waals surface area contributed by atoms with Crippen LogP contribution >= 0.6 is 0 Å². The first-order valence-electron chi connectivity index (χ1n) is 5.70. The van der Waals surface area contributed by atoms with Crippen molar-refractivity contribution < 1.29 is 9.00 Å². The quantitative estimate of drug-likeness (QED) is 0.405. The summed E-state index contributed by atoms with van der Waals surface area (Å²) in [4.78, 5) is 11.8. The molecule has 0 aliphatic heterocycles. The first-order valence-corrected chi connectivity index (χ1v) is 7.43. The molecule has 4 N–H and O–H groups in total. The van der Waals surface area contributed by atoms with Crippen LogP contribution in [0.25, 0.3) is 0 Å². The smallest absolute Gasteiger partial charge is 0.251 e. The number of carbonyl (C=O) groups excluding carboxylic acids is 1. The van der Waals surface area contributed by atoms with Gasteiger partial charge in [-0.25, -0.2) is 0 Å². The number of aryl methyl sites for hydroxylation is 1. The number of nitrogens with two attached hydrogens (primary N) is 1. The zero-order valence-corrected chi connectivity index (χ0v) is 11.5. The van der Waals surface area contributed by atoms with Crippen molar-refractivity contribution in [1.29, 1.82) is 0 Å². The molecule has 1 aromatic rings. The zero-order chi connectivity index (χ0) is 13.5. The fraction of sp³-hybridized carbons (Fsp3) is 0.417. The van der Waals surface area contributed by atoms with Crippen molar-refractivity contribution in [3.63, 3.8) is 0 Å². The van der Waals surface area contributed by atoms with Gasteiger partial charge in [0.2, 0.25) is 0 Å². The molecule has 1 aromatic carbocycles. The molecule has 0 spiro atoms. The van der Waals surface area contributed by atoms with Gasteiger partial charge in [0, 0.05) is 34.9 Å². The van der Waals surface area contributed by atoms with Crippen LogP contribution in [0.1, 0.15) is 22.3 Å². The van der Waals surface area contributed by atoms with Crippen LogP contribution in [-0.2, 0) is 10.8 Å². The summed E-state index contributed by atoms with van der Waals surface area (Å²) >= 11 is 0. The van der Waals surface area contributed by atoms with Crippen molar-refractivity contribution in [2.45, 2.75) is 13.3 Å². The van der Waals surface area contributed by atoms with Gasteiger partial charge >= 0.3 is 0 Å². The molecule has 100 valence electrons. The lowest BCUT2D eigenvalue weighted by Crippen LogP contribution is -2.25. The van der Waals surface area contributed by atoms with Gasteiger partial charge in [0.15, 0.2) is 0 Å². The van der Waals surface area contributed by atoms with Crippen molar-refractivity contribution in [2.24, 2.45) is 5.84 Å². The lowest BCUT2D eigenvalue weighted by Gasteiger charge is -2.08. The summed E-state index contributed by atoms with van der Waals surface area (Å²) in [6.07, 6.45) is 2.37. The second-order valence-electron chi connectivity index (χ2n) is 4.06. The number of hydrogen-bond donors (Lipinski definition) is 3. The number of anilines is 1. The molecule has 0 aliphatic carbocycles. The molecule has 0 aliphatic rings. The Labute approximate surface area is 110 Å². The lowest BCUT2D eigenvalue weighted by atomic mass is 10.1. The van der Waals surface area contributed by atoms with E-state index in [9.17, 15) is 9.00 Å². The van der Waals surface area contributed by atoms with Crippen molar-refractivity contribution in [1.82, 2.24) is 5.32 Å². The molecule has 5 nitrogen and oxygen atoms in total. The van der Waals surface area contributed by atoms with Crippen molar-refractivity contribution in [2.75, 3.05) is 24.0 Å². The van der Waals surface area contributed by atoms with Gasteiger partial charge in [-0.05, 0) is 37.1 Å². The van der Waals surface area contributed by atoms with Gasteiger partial charge in [0.1, 0.15) is 0 Å². The van der Waals surface area contributed by atoms with Crippen LogP contribution in [0.4, 0.5) is 5.69 Å². The molecule has 0 saturated carbocycles. The molecule has 0 radical (unpaired) electrons. The topological polar surface area (TPSA) is 84.2 Å². The number of carbonyl (C=O) groups is 1. The van der Waals surface area contributed by atoms with Crippen LogP contribution in [0.2, 0.25) is 0 Å². The highest BCUT2D eigenvalue weighted by Gasteiger charge is 2.06. The zero-order valence-electron chi connectivity index (χ0n) is 10.7. The molecular formula is C12H19N3O2S. The number of rotatable bonds is 6. The summed E-state index contributed by atoms with van der Waals surface area (Å²) in [5.74, 6) is 5.81. The van der Waals surface area contributed by atoms with Crippen LogP contribution in [0, 0.1) is 6.92 Å². The van der Waals surface area contributed by atoms with E-state index in [2.05, 4.69) is 10.7 Å². The molecule has 1 rings (SSSR count). The van der Waals surface area contributed by atoms with E-state index in [-0.39, 0.29) is 5.91 Å². The van der Waals surface area contributed by atoms with E-state index in [0.29, 0.717) is 17.9 Å². The summed E-state index contributed by atoms with van der Waals surface area (Å²) in [6.45, 7) is 2.42. The van der Waals surface area contributed by atoms with Gasteiger partial charge in [-0.3, -0.25) is 14.8 Å². The number of hydrazine groups is 1. The minimum atomic E-state index is -0.806. The largest absolute Gasteiger partial charge is 0.352 e. The Kier molecular flexibility index (Phi) is 5.80. The molecule has 6 heteroatoms. The number of nitrogen functional groups attached to an aromatic ring is 1. The third-order valence-corrected chi connectivity index (χ3v) is 3.40. The monoisotopic (exact) mass is 269 g/mol. The molecular weight excluding hydrogens is 250 g/mol. The summed E-state index contributed by atoms with van der Waals surface area (Å²) in [6, 6.07) is 5.27. The predicted octanol–water partition coefficient (Wildman–Crippen LogP) is 0.779. The standard InChI is InChI=1S/C12H19N3O2S/c1-9-8-10(4-5-11(9)15-13)12(16)14-6-3-7-18(2)17/h4-5,8,15H,3,6-7,13H2,1-2H3,(H,14,16). The third-order valence-electron chi connectivity index (χ3n) is 2.54. The molecule has 0 heterocycles. The Balaban J connectivity index is 2.51. The molecule has 0 aromatic heterocycles. The van der Waals surface area contributed by atoms with E-state index in [0.717, 1.165) is 17.7 Å². The van der Waals surface area contributed by atoms with Crippen LogP contribution in [-0.4, -0.2) is 28.7 Å². The third kappa shape index (κ3) is 4.46. The van der Waals surface area contributed by atoms with E-state index in [1.165, 1.54) is 0 Å². The van der Waals surface area contributed by atoms with Crippen LogP contribution < -0.4 is 16.6 Å². The van der Waals surface area contributed by atoms with E-state index in [4.69, 9.17) is 5.84 Å². The SMILES string of the molecule is Cc1cc(C(=O)NCCCS(C)=O)ccc1NN. The minimum absolute atomic E-state index is 0.122. The van der Waals surface area contributed by atoms with Crippen molar-refractivity contribution in [3.8, 4) is 0 Å². The Hall–Kier alpha value is -1.40. The molecule has 1 amide bonds. The fourth-order valence-electron chi connectivity index (χ4n) is 1.55. The Bertz CT molecular complexity index is 449. The van der Waals surface area contributed by atoms with Gasteiger partial charge < -0.3 is 10.7 Å². The van der Waals surface area contributed by atoms with Gasteiger partial charge in [-0.15, -0.1) is 0 Å². The van der Waals surface area contributed by atoms with Crippen molar-refractivity contribution in [3.05, 3.63) is 29.3 Å². The number of benzene rings is 1.